The van der Waals surface area contributed by atoms with Crippen molar-refractivity contribution in [2.45, 2.75) is 38.0 Å². The lowest BCUT2D eigenvalue weighted by atomic mass is 9.96. The number of aromatic nitrogens is 1. The topological polar surface area (TPSA) is 40.5 Å². The molecule has 0 radical (unpaired) electrons. The highest BCUT2D eigenvalue weighted by Gasteiger charge is 2.37. The van der Waals surface area contributed by atoms with Crippen molar-refractivity contribution in [3.05, 3.63) is 59.4 Å². The highest BCUT2D eigenvalue weighted by Crippen LogP contribution is 2.39. The highest BCUT2D eigenvalue weighted by atomic mass is 16.7. The van der Waals surface area contributed by atoms with E-state index in [1.54, 1.807) is 0 Å². The normalized spacial score (nSPS) is 22.2. The molecule has 0 saturated carbocycles. The summed E-state index contributed by atoms with van der Waals surface area (Å²) in [6, 6.07) is 13.5. The first-order chi connectivity index (χ1) is 11.2. The first-order valence-corrected chi connectivity index (χ1v) is 8.23. The number of fused-ring (bicyclic) bond motifs is 1. The fraction of sp³-hybridized carbons (Fsp3) is 0.421. The van der Waals surface area contributed by atoms with Crippen LogP contribution in [0.3, 0.4) is 0 Å². The van der Waals surface area contributed by atoms with E-state index in [0.717, 1.165) is 30.6 Å². The quantitative estimate of drug-likeness (QED) is 0.813. The molecule has 120 valence electrons. The van der Waals surface area contributed by atoms with Crippen molar-refractivity contribution in [2.75, 3.05) is 13.2 Å². The molecule has 1 saturated heterocycles. The molecule has 1 aromatic heterocycles. The molecule has 2 aliphatic rings. The number of ether oxygens (including phenoxy) is 2. The van der Waals surface area contributed by atoms with Gasteiger partial charge in [0, 0.05) is 30.1 Å². The Labute approximate surface area is 136 Å². The minimum atomic E-state index is -0.478. The molecule has 23 heavy (non-hydrogen) atoms. The van der Waals surface area contributed by atoms with Crippen molar-refractivity contribution < 1.29 is 14.3 Å². The summed E-state index contributed by atoms with van der Waals surface area (Å²) >= 11 is 0. The molecule has 0 spiro atoms. The number of ketones is 1. The molecule has 4 rings (SSSR count). The van der Waals surface area contributed by atoms with Gasteiger partial charge in [0.05, 0.1) is 18.9 Å². The maximum absolute atomic E-state index is 12.7. The second-order valence-corrected chi connectivity index (χ2v) is 6.51. The Hall–Kier alpha value is -1.91. The van der Waals surface area contributed by atoms with Crippen LogP contribution < -0.4 is 0 Å². The SMILES string of the molecule is CC1(CC2CCn3c(C(=O)c4ccccc4)ccc32)OCCO1. The third-order valence-corrected chi connectivity index (χ3v) is 4.92. The Bertz CT molecular complexity index is 713. The van der Waals surface area contributed by atoms with E-state index in [9.17, 15) is 4.79 Å². The summed E-state index contributed by atoms with van der Waals surface area (Å²) in [6.07, 6.45) is 1.88. The fourth-order valence-corrected chi connectivity index (χ4v) is 3.79. The van der Waals surface area contributed by atoms with Crippen LogP contribution in [-0.4, -0.2) is 29.4 Å². The van der Waals surface area contributed by atoms with Gasteiger partial charge in [0.25, 0.3) is 0 Å². The molecule has 4 nitrogen and oxygen atoms in total. The molecule has 0 N–H and O–H groups in total. The predicted octanol–water partition coefficient (Wildman–Crippen LogP) is 3.36. The average molecular weight is 311 g/mol. The maximum atomic E-state index is 12.7. The summed E-state index contributed by atoms with van der Waals surface area (Å²) < 4.78 is 13.7. The van der Waals surface area contributed by atoms with Crippen molar-refractivity contribution in [1.82, 2.24) is 4.57 Å². The highest BCUT2D eigenvalue weighted by molar-refractivity contribution is 6.08. The lowest BCUT2D eigenvalue weighted by molar-refractivity contribution is -0.150. The van der Waals surface area contributed by atoms with E-state index < -0.39 is 5.79 Å². The first-order valence-electron chi connectivity index (χ1n) is 8.23. The van der Waals surface area contributed by atoms with Crippen LogP contribution in [0, 0.1) is 0 Å². The van der Waals surface area contributed by atoms with Gasteiger partial charge in [-0.15, -0.1) is 0 Å². The fourth-order valence-electron chi connectivity index (χ4n) is 3.79. The number of rotatable bonds is 4. The van der Waals surface area contributed by atoms with Gasteiger partial charge in [0.15, 0.2) is 5.79 Å². The first kappa shape index (κ1) is 14.7. The van der Waals surface area contributed by atoms with Crippen molar-refractivity contribution in [1.29, 1.82) is 0 Å². The summed E-state index contributed by atoms with van der Waals surface area (Å²) in [5, 5.41) is 0. The molecule has 0 amide bonds. The molecular formula is C19H21NO3. The number of hydrogen-bond donors (Lipinski definition) is 0. The van der Waals surface area contributed by atoms with Crippen LogP contribution in [0.15, 0.2) is 42.5 Å². The Kier molecular flexibility index (Phi) is 3.58. The third-order valence-electron chi connectivity index (χ3n) is 4.92. The average Bonchev–Trinajstić information content (AvgIpc) is 3.26. The maximum Gasteiger partial charge on any atom is 0.209 e. The zero-order valence-corrected chi connectivity index (χ0v) is 13.3. The molecule has 4 heteroatoms. The summed E-state index contributed by atoms with van der Waals surface area (Å²) in [4.78, 5) is 12.7. The van der Waals surface area contributed by atoms with Gasteiger partial charge in [-0.1, -0.05) is 30.3 Å². The van der Waals surface area contributed by atoms with Crippen molar-refractivity contribution >= 4 is 5.78 Å². The molecule has 0 aliphatic carbocycles. The van der Waals surface area contributed by atoms with E-state index in [2.05, 4.69) is 10.6 Å². The summed E-state index contributed by atoms with van der Waals surface area (Å²) in [7, 11) is 0. The van der Waals surface area contributed by atoms with Crippen LogP contribution >= 0.6 is 0 Å². The van der Waals surface area contributed by atoms with Crippen LogP contribution in [0.25, 0.3) is 0 Å². The third kappa shape index (κ3) is 2.62. The van der Waals surface area contributed by atoms with Crippen LogP contribution in [0.1, 0.15) is 47.4 Å². The van der Waals surface area contributed by atoms with E-state index in [1.807, 2.05) is 43.3 Å². The van der Waals surface area contributed by atoms with E-state index >= 15 is 0 Å². The van der Waals surface area contributed by atoms with E-state index in [-0.39, 0.29) is 5.78 Å². The van der Waals surface area contributed by atoms with Crippen LogP contribution in [0.5, 0.6) is 0 Å². The van der Waals surface area contributed by atoms with Gasteiger partial charge < -0.3 is 14.0 Å². The van der Waals surface area contributed by atoms with E-state index in [1.165, 1.54) is 5.69 Å². The van der Waals surface area contributed by atoms with Gasteiger partial charge in [0.1, 0.15) is 0 Å². The lowest BCUT2D eigenvalue weighted by Crippen LogP contribution is -2.27. The molecule has 1 aromatic carbocycles. The van der Waals surface area contributed by atoms with E-state index in [0.29, 0.717) is 19.1 Å². The van der Waals surface area contributed by atoms with Gasteiger partial charge in [-0.05, 0) is 25.5 Å². The number of nitrogens with zero attached hydrogens (tertiary/aromatic N) is 1. The van der Waals surface area contributed by atoms with Crippen molar-refractivity contribution in [3.63, 3.8) is 0 Å². The molecular weight excluding hydrogens is 290 g/mol. The number of benzene rings is 1. The van der Waals surface area contributed by atoms with Gasteiger partial charge in [-0.2, -0.15) is 0 Å². The summed E-state index contributed by atoms with van der Waals surface area (Å²) in [5.41, 5.74) is 2.75. The van der Waals surface area contributed by atoms with Gasteiger partial charge in [-0.25, -0.2) is 0 Å². The number of hydrogen-bond acceptors (Lipinski definition) is 3. The predicted molar refractivity (Wildman–Crippen MR) is 86.6 cm³/mol. The van der Waals surface area contributed by atoms with Crippen molar-refractivity contribution in [2.24, 2.45) is 0 Å². The Balaban J connectivity index is 1.58. The van der Waals surface area contributed by atoms with Crippen LogP contribution in [0.2, 0.25) is 0 Å². The lowest BCUT2D eigenvalue weighted by Gasteiger charge is -2.25. The number of carbonyl (C=O) groups excluding carboxylic acids is 1. The Morgan fingerprint density at radius 2 is 1.91 bits per heavy atom. The molecule has 2 aromatic rings. The zero-order chi connectivity index (χ0) is 15.9. The molecule has 1 atom stereocenters. The molecule has 0 bridgehead atoms. The summed E-state index contributed by atoms with van der Waals surface area (Å²) in [6.45, 7) is 4.24. The van der Waals surface area contributed by atoms with Crippen LogP contribution in [-0.2, 0) is 16.0 Å². The summed E-state index contributed by atoms with van der Waals surface area (Å²) in [5.74, 6) is 0.000705. The largest absolute Gasteiger partial charge is 0.348 e. The van der Waals surface area contributed by atoms with Gasteiger partial charge >= 0.3 is 0 Å². The molecule has 1 unspecified atom stereocenters. The molecule has 2 aliphatic heterocycles. The van der Waals surface area contributed by atoms with Gasteiger partial charge in [-0.3, -0.25) is 4.79 Å². The van der Waals surface area contributed by atoms with Crippen molar-refractivity contribution in [3.8, 4) is 0 Å². The minimum Gasteiger partial charge on any atom is -0.348 e. The molecule has 3 heterocycles. The van der Waals surface area contributed by atoms with Crippen LogP contribution in [0.4, 0.5) is 0 Å². The Morgan fingerprint density at radius 1 is 1.17 bits per heavy atom. The number of carbonyl (C=O) groups is 1. The standard InChI is InChI=1S/C19H21NO3/c1-19(22-11-12-23-19)13-15-9-10-20-16(15)7-8-17(20)18(21)14-5-3-2-4-6-14/h2-8,15H,9-13H2,1H3. The minimum absolute atomic E-state index is 0.0945. The Morgan fingerprint density at radius 3 is 2.65 bits per heavy atom. The monoisotopic (exact) mass is 311 g/mol. The second kappa shape index (κ2) is 5.62. The van der Waals surface area contributed by atoms with E-state index in [4.69, 9.17) is 9.47 Å². The molecule has 1 fully saturated rings. The zero-order valence-electron chi connectivity index (χ0n) is 13.3. The van der Waals surface area contributed by atoms with Gasteiger partial charge in [0.2, 0.25) is 5.78 Å². The smallest absolute Gasteiger partial charge is 0.209 e. The second-order valence-electron chi connectivity index (χ2n) is 6.51.